The van der Waals surface area contributed by atoms with E-state index in [9.17, 15) is 0 Å². The fourth-order valence-electron chi connectivity index (χ4n) is 7.39. The second-order valence-electron chi connectivity index (χ2n) is 12.4. The molecule has 8 aromatic rings. The Morgan fingerprint density at radius 3 is 1.65 bits per heavy atom. The van der Waals surface area contributed by atoms with Crippen LogP contribution in [0.2, 0.25) is 0 Å². The van der Waals surface area contributed by atoms with Crippen LogP contribution in [0.25, 0.3) is 32.7 Å². The SMILES string of the molecule is C(#CC1(c2ccc3ccccc3c2)c2ccccc2-c2cc(N(c3ccccc3)c3ccccc3)ccc21)c1ccc2ccccc2c1. The van der Waals surface area contributed by atoms with Crippen molar-refractivity contribution < 1.29 is 0 Å². The van der Waals surface area contributed by atoms with E-state index in [1.165, 1.54) is 49.4 Å². The Kier molecular flexibility index (Phi) is 6.66. The second-order valence-corrected chi connectivity index (χ2v) is 12.4. The van der Waals surface area contributed by atoms with Crippen molar-refractivity contribution in [3.63, 3.8) is 0 Å². The fourth-order valence-corrected chi connectivity index (χ4v) is 7.39. The van der Waals surface area contributed by atoms with E-state index in [2.05, 4.69) is 205 Å². The van der Waals surface area contributed by atoms with E-state index in [4.69, 9.17) is 0 Å². The summed E-state index contributed by atoms with van der Waals surface area (Å²) in [6.07, 6.45) is 0. The van der Waals surface area contributed by atoms with Gasteiger partial charge in [0, 0.05) is 22.6 Å². The van der Waals surface area contributed by atoms with Crippen molar-refractivity contribution in [2.24, 2.45) is 0 Å². The molecule has 0 aliphatic heterocycles. The molecule has 1 aliphatic rings. The van der Waals surface area contributed by atoms with E-state index < -0.39 is 5.41 Å². The molecule has 9 rings (SSSR count). The Balaban J connectivity index is 1.30. The third kappa shape index (κ3) is 4.58. The largest absolute Gasteiger partial charge is 0.310 e. The normalized spacial score (nSPS) is 14.6. The van der Waals surface area contributed by atoms with Gasteiger partial charge in [-0.25, -0.2) is 0 Å². The van der Waals surface area contributed by atoms with Crippen LogP contribution in [-0.2, 0) is 5.41 Å². The molecule has 0 aromatic heterocycles. The molecule has 0 radical (unpaired) electrons. The van der Waals surface area contributed by atoms with Crippen LogP contribution in [-0.4, -0.2) is 0 Å². The van der Waals surface area contributed by atoms with Gasteiger partial charge in [0.15, 0.2) is 0 Å². The van der Waals surface area contributed by atoms with Gasteiger partial charge in [0.2, 0.25) is 0 Å². The third-order valence-electron chi connectivity index (χ3n) is 9.64. The number of anilines is 3. The number of hydrogen-bond donors (Lipinski definition) is 0. The highest BCUT2D eigenvalue weighted by molar-refractivity contribution is 5.92. The second kappa shape index (κ2) is 11.5. The highest BCUT2D eigenvalue weighted by Crippen LogP contribution is 2.54. The van der Waals surface area contributed by atoms with Gasteiger partial charge in [-0.2, -0.15) is 0 Å². The van der Waals surface area contributed by atoms with Gasteiger partial charge in [0.05, 0.1) is 0 Å². The molecule has 8 aromatic carbocycles. The van der Waals surface area contributed by atoms with Crippen LogP contribution in [0, 0.1) is 11.8 Å². The van der Waals surface area contributed by atoms with Crippen LogP contribution in [0.4, 0.5) is 17.1 Å². The molecular formula is C47H31N. The summed E-state index contributed by atoms with van der Waals surface area (Å²) in [6, 6.07) is 67.4. The molecule has 1 aliphatic carbocycles. The van der Waals surface area contributed by atoms with Gasteiger partial charge < -0.3 is 4.90 Å². The van der Waals surface area contributed by atoms with E-state index in [0.717, 1.165) is 22.6 Å². The first-order chi connectivity index (χ1) is 23.8. The summed E-state index contributed by atoms with van der Waals surface area (Å²) in [6.45, 7) is 0. The number of rotatable bonds is 4. The van der Waals surface area contributed by atoms with Gasteiger partial charge in [-0.1, -0.05) is 145 Å². The standard InChI is InChI=1S/C47H31N/c1-3-17-40(18-4-1)48(41-19-5-2-6-20-41)42-27-28-46-44(33-42)43-21-11-12-22-45(43)47(46,39-26-25-36-14-8-10-16-38(36)32-39)30-29-34-23-24-35-13-7-9-15-37(35)31-34/h1-28,31-33H. The van der Waals surface area contributed by atoms with Gasteiger partial charge >= 0.3 is 0 Å². The first kappa shape index (κ1) is 27.9. The van der Waals surface area contributed by atoms with Crippen LogP contribution in [0.1, 0.15) is 22.3 Å². The Bertz CT molecular complexity index is 2480. The summed E-state index contributed by atoms with van der Waals surface area (Å²) in [4.78, 5) is 2.33. The van der Waals surface area contributed by atoms with E-state index in [-0.39, 0.29) is 0 Å². The minimum Gasteiger partial charge on any atom is -0.310 e. The summed E-state index contributed by atoms with van der Waals surface area (Å²) in [5.41, 5.74) is 9.72. The van der Waals surface area contributed by atoms with Crippen molar-refractivity contribution in [3.8, 4) is 23.0 Å². The molecule has 224 valence electrons. The van der Waals surface area contributed by atoms with Crippen molar-refractivity contribution in [1.82, 2.24) is 0 Å². The first-order valence-corrected chi connectivity index (χ1v) is 16.4. The predicted molar refractivity (Wildman–Crippen MR) is 201 cm³/mol. The first-order valence-electron chi connectivity index (χ1n) is 16.4. The maximum atomic E-state index is 3.92. The zero-order valence-electron chi connectivity index (χ0n) is 26.3. The highest BCUT2D eigenvalue weighted by atomic mass is 15.1. The summed E-state index contributed by atoms with van der Waals surface area (Å²) < 4.78 is 0. The van der Waals surface area contributed by atoms with Gasteiger partial charge in [-0.15, -0.1) is 0 Å². The summed E-state index contributed by atoms with van der Waals surface area (Å²) >= 11 is 0. The van der Waals surface area contributed by atoms with Crippen LogP contribution in [0.5, 0.6) is 0 Å². The molecule has 0 heterocycles. The predicted octanol–water partition coefficient (Wildman–Crippen LogP) is 11.8. The average molecular weight is 610 g/mol. The van der Waals surface area contributed by atoms with Crippen LogP contribution in [0.3, 0.4) is 0 Å². The molecule has 0 amide bonds. The number of hydrogen-bond acceptors (Lipinski definition) is 1. The van der Waals surface area contributed by atoms with Crippen molar-refractivity contribution in [3.05, 3.63) is 210 Å². The van der Waals surface area contributed by atoms with Gasteiger partial charge in [0.25, 0.3) is 0 Å². The van der Waals surface area contributed by atoms with E-state index >= 15 is 0 Å². The Hall–Kier alpha value is -6.36. The van der Waals surface area contributed by atoms with Crippen molar-refractivity contribution in [2.75, 3.05) is 4.90 Å². The molecule has 1 atom stereocenters. The van der Waals surface area contributed by atoms with Crippen molar-refractivity contribution in [2.45, 2.75) is 5.41 Å². The zero-order valence-corrected chi connectivity index (χ0v) is 26.3. The maximum absolute atomic E-state index is 3.92. The maximum Gasteiger partial charge on any atom is 0.108 e. The molecular weight excluding hydrogens is 579 g/mol. The number of fused-ring (bicyclic) bond motifs is 5. The third-order valence-corrected chi connectivity index (χ3v) is 9.64. The van der Waals surface area contributed by atoms with E-state index in [0.29, 0.717) is 0 Å². The monoisotopic (exact) mass is 609 g/mol. The van der Waals surface area contributed by atoms with E-state index in [1.807, 2.05) is 0 Å². The van der Waals surface area contributed by atoms with Crippen LogP contribution in [0.15, 0.2) is 188 Å². The quantitative estimate of drug-likeness (QED) is 0.179. The zero-order chi connectivity index (χ0) is 31.9. The Morgan fingerprint density at radius 1 is 0.375 bits per heavy atom. The molecule has 1 nitrogen and oxygen atoms in total. The van der Waals surface area contributed by atoms with Gasteiger partial charge in [-0.05, 0) is 104 Å². The van der Waals surface area contributed by atoms with Crippen molar-refractivity contribution in [1.29, 1.82) is 0 Å². The molecule has 0 bridgehead atoms. The fraction of sp³-hybridized carbons (Fsp3) is 0.0213. The number of nitrogens with zero attached hydrogens (tertiary/aromatic N) is 1. The summed E-state index contributed by atoms with van der Waals surface area (Å²) in [5.74, 6) is 7.59. The topological polar surface area (TPSA) is 3.24 Å². The lowest BCUT2D eigenvalue weighted by Gasteiger charge is -2.29. The molecule has 0 saturated carbocycles. The lowest BCUT2D eigenvalue weighted by Crippen LogP contribution is -2.25. The Morgan fingerprint density at radius 2 is 0.938 bits per heavy atom. The molecule has 1 unspecified atom stereocenters. The molecule has 0 spiro atoms. The molecule has 0 N–H and O–H groups in total. The summed E-state index contributed by atoms with van der Waals surface area (Å²) in [5, 5.41) is 4.85. The highest BCUT2D eigenvalue weighted by Gasteiger charge is 2.44. The van der Waals surface area contributed by atoms with Crippen LogP contribution >= 0.6 is 0 Å². The smallest absolute Gasteiger partial charge is 0.108 e. The molecule has 0 saturated heterocycles. The minimum absolute atomic E-state index is 0.662. The molecule has 0 fully saturated rings. The number of benzene rings is 8. The van der Waals surface area contributed by atoms with Gasteiger partial charge in [-0.3, -0.25) is 0 Å². The lowest BCUT2D eigenvalue weighted by atomic mass is 9.72. The lowest BCUT2D eigenvalue weighted by molar-refractivity contribution is 0.839. The molecule has 1 heteroatoms. The van der Waals surface area contributed by atoms with E-state index in [1.54, 1.807) is 0 Å². The minimum atomic E-state index is -0.662. The van der Waals surface area contributed by atoms with Gasteiger partial charge in [0.1, 0.15) is 5.41 Å². The molecule has 48 heavy (non-hydrogen) atoms. The Labute approximate surface area is 281 Å². The number of para-hydroxylation sites is 2. The average Bonchev–Trinajstić information content (AvgIpc) is 3.44. The van der Waals surface area contributed by atoms with Crippen molar-refractivity contribution >= 4 is 38.6 Å². The summed E-state index contributed by atoms with van der Waals surface area (Å²) in [7, 11) is 0. The van der Waals surface area contributed by atoms with Crippen LogP contribution < -0.4 is 4.90 Å².